The van der Waals surface area contributed by atoms with Crippen molar-refractivity contribution in [2.45, 2.75) is 13.3 Å². The van der Waals surface area contributed by atoms with Crippen molar-refractivity contribution in [3.8, 4) is 0 Å². The van der Waals surface area contributed by atoms with Crippen molar-refractivity contribution >= 4 is 49.3 Å². The van der Waals surface area contributed by atoms with Crippen molar-refractivity contribution in [3.63, 3.8) is 0 Å². The van der Waals surface area contributed by atoms with Gasteiger partial charge < -0.3 is 10.6 Å². The van der Waals surface area contributed by atoms with Crippen molar-refractivity contribution in [2.24, 2.45) is 5.92 Å². The second kappa shape index (κ2) is 4.94. The van der Waals surface area contributed by atoms with Gasteiger partial charge in [0, 0.05) is 29.0 Å². The Morgan fingerprint density at radius 1 is 1.65 bits per heavy atom. The van der Waals surface area contributed by atoms with Crippen LogP contribution in [-0.4, -0.2) is 22.8 Å². The van der Waals surface area contributed by atoms with Crippen LogP contribution in [0.5, 0.6) is 0 Å². The number of carbonyl (C=O) groups excluding carboxylic acids is 1. The summed E-state index contributed by atoms with van der Waals surface area (Å²) in [4.78, 5) is 17.8. The van der Waals surface area contributed by atoms with Crippen molar-refractivity contribution < 1.29 is 4.79 Å². The molecule has 2 N–H and O–H groups in total. The molecule has 1 aliphatic heterocycles. The Bertz CT molecular complexity index is 464. The van der Waals surface area contributed by atoms with Gasteiger partial charge in [-0.3, -0.25) is 4.79 Å². The van der Waals surface area contributed by atoms with Gasteiger partial charge in [0.2, 0.25) is 5.91 Å². The molecule has 1 aliphatic rings. The number of amides is 1. The first kappa shape index (κ1) is 12.8. The summed E-state index contributed by atoms with van der Waals surface area (Å²) >= 11 is 6.83. The fraction of sp³-hybridized carbons (Fsp3) is 0.455. The summed E-state index contributed by atoms with van der Waals surface area (Å²) in [7, 11) is 0. The number of anilines is 2. The van der Waals surface area contributed by atoms with Gasteiger partial charge >= 0.3 is 0 Å². The molecule has 0 aliphatic carbocycles. The van der Waals surface area contributed by atoms with Gasteiger partial charge in [0.25, 0.3) is 0 Å². The van der Waals surface area contributed by atoms with E-state index >= 15 is 0 Å². The monoisotopic (exact) mass is 361 g/mol. The van der Waals surface area contributed by atoms with E-state index in [1.54, 1.807) is 11.1 Å². The van der Waals surface area contributed by atoms with E-state index in [1.165, 1.54) is 0 Å². The van der Waals surface area contributed by atoms with Crippen LogP contribution in [0.15, 0.2) is 10.7 Å². The maximum Gasteiger partial charge on any atom is 0.227 e. The van der Waals surface area contributed by atoms with E-state index in [0.717, 1.165) is 21.1 Å². The number of nitrogen functional groups attached to an aromatic ring is 1. The van der Waals surface area contributed by atoms with Gasteiger partial charge in [-0.1, -0.05) is 15.9 Å². The van der Waals surface area contributed by atoms with Gasteiger partial charge in [-0.05, 0) is 34.3 Å². The van der Waals surface area contributed by atoms with E-state index < -0.39 is 0 Å². The van der Waals surface area contributed by atoms with Crippen molar-refractivity contribution in [1.82, 2.24) is 4.98 Å². The number of pyridine rings is 1. The highest BCUT2D eigenvalue weighted by Gasteiger charge is 2.32. The second-order valence-electron chi connectivity index (χ2n) is 4.19. The molecule has 1 amide bonds. The van der Waals surface area contributed by atoms with E-state index in [-0.39, 0.29) is 5.91 Å². The molecule has 1 saturated heterocycles. The van der Waals surface area contributed by atoms with Crippen molar-refractivity contribution in [1.29, 1.82) is 0 Å². The summed E-state index contributed by atoms with van der Waals surface area (Å²) in [6.07, 6.45) is 2.23. The number of hydrogen-bond acceptors (Lipinski definition) is 3. The zero-order chi connectivity index (χ0) is 12.6. The summed E-state index contributed by atoms with van der Waals surface area (Å²) in [6.45, 7) is 2.64. The molecule has 0 aromatic carbocycles. The van der Waals surface area contributed by atoms with Crippen LogP contribution in [0.2, 0.25) is 0 Å². The van der Waals surface area contributed by atoms with Crippen LogP contribution in [0.25, 0.3) is 0 Å². The minimum atomic E-state index is 0.115. The lowest BCUT2D eigenvalue weighted by molar-refractivity contribution is -0.117. The zero-order valence-electron chi connectivity index (χ0n) is 9.41. The lowest BCUT2D eigenvalue weighted by Gasteiger charge is -2.20. The number of nitrogens with zero attached hydrogens (tertiary/aromatic N) is 2. The van der Waals surface area contributed by atoms with Gasteiger partial charge in [-0.15, -0.1) is 0 Å². The average Bonchev–Trinajstić information content (AvgIpc) is 2.66. The molecule has 0 spiro atoms. The molecule has 1 aromatic rings. The van der Waals surface area contributed by atoms with Crippen molar-refractivity contribution in [2.75, 3.05) is 22.5 Å². The summed E-state index contributed by atoms with van der Waals surface area (Å²) in [5.41, 5.74) is 7.58. The van der Waals surface area contributed by atoms with Crippen LogP contribution in [0, 0.1) is 12.8 Å². The van der Waals surface area contributed by atoms with Gasteiger partial charge in [0.1, 0.15) is 5.82 Å². The Kier molecular flexibility index (Phi) is 3.73. The zero-order valence-corrected chi connectivity index (χ0v) is 12.6. The SMILES string of the molecule is Cc1c(Br)cnc(N)c1N1CC(CBr)CC1=O. The molecule has 0 saturated carbocycles. The first-order valence-corrected chi connectivity index (χ1v) is 7.23. The van der Waals surface area contributed by atoms with Crippen molar-refractivity contribution in [3.05, 3.63) is 16.2 Å². The molecule has 1 unspecified atom stereocenters. The van der Waals surface area contributed by atoms with Crippen LogP contribution >= 0.6 is 31.9 Å². The molecule has 17 heavy (non-hydrogen) atoms. The van der Waals surface area contributed by atoms with E-state index in [4.69, 9.17) is 5.73 Å². The number of rotatable bonds is 2. The number of hydrogen-bond donors (Lipinski definition) is 1. The van der Waals surface area contributed by atoms with Crippen LogP contribution in [-0.2, 0) is 4.79 Å². The summed E-state index contributed by atoms with van der Waals surface area (Å²) < 4.78 is 0.872. The Morgan fingerprint density at radius 2 is 2.35 bits per heavy atom. The standard InChI is InChI=1S/C11H13Br2N3O/c1-6-8(13)4-15-11(14)10(6)16-5-7(3-12)2-9(16)17/h4,7H,2-3,5H2,1H3,(H2,14,15). The number of nitrogens with two attached hydrogens (primary N) is 1. The Balaban J connectivity index is 2.41. The molecule has 1 fully saturated rings. The van der Waals surface area contributed by atoms with E-state index in [2.05, 4.69) is 36.8 Å². The first-order chi connectivity index (χ1) is 8.04. The molecule has 4 nitrogen and oxygen atoms in total. The molecule has 0 bridgehead atoms. The third-order valence-corrected chi connectivity index (χ3v) is 4.68. The first-order valence-electron chi connectivity index (χ1n) is 5.31. The molecule has 1 atom stereocenters. The summed E-state index contributed by atoms with van der Waals surface area (Å²) in [5.74, 6) is 0.874. The molecular formula is C11H13Br2N3O. The smallest absolute Gasteiger partial charge is 0.227 e. The van der Waals surface area contributed by atoms with Gasteiger partial charge in [0.05, 0.1) is 5.69 Å². The molecule has 0 radical (unpaired) electrons. The molecule has 92 valence electrons. The number of aromatic nitrogens is 1. The highest BCUT2D eigenvalue weighted by Crippen LogP contribution is 2.35. The quantitative estimate of drug-likeness (QED) is 0.822. The minimum absolute atomic E-state index is 0.115. The van der Waals surface area contributed by atoms with Crippen LogP contribution in [0.1, 0.15) is 12.0 Å². The number of carbonyl (C=O) groups is 1. The summed E-state index contributed by atoms with van der Waals surface area (Å²) in [6, 6.07) is 0. The van der Waals surface area contributed by atoms with E-state index in [1.807, 2.05) is 6.92 Å². The number of halogens is 2. The Labute approximate surface area is 117 Å². The molecular weight excluding hydrogens is 350 g/mol. The van der Waals surface area contributed by atoms with Crippen LogP contribution < -0.4 is 10.6 Å². The molecule has 1 aromatic heterocycles. The molecule has 2 rings (SSSR count). The highest BCUT2D eigenvalue weighted by molar-refractivity contribution is 9.10. The average molecular weight is 363 g/mol. The van der Waals surface area contributed by atoms with Gasteiger partial charge in [0.15, 0.2) is 0 Å². The highest BCUT2D eigenvalue weighted by atomic mass is 79.9. The predicted molar refractivity (Wildman–Crippen MR) is 75.3 cm³/mol. The van der Waals surface area contributed by atoms with Crippen LogP contribution in [0.3, 0.4) is 0 Å². The minimum Gasteiger partial charge on any atom is -0.382 e. The third kappa shape index (κ3) is 2.33. The third-order valence-electron chi connectivity index (χ3n) is 2.97. The Morgan fingerprint density at radius 3 is 2.94 bits per heavy atom. The fourth-order valence-electron chi connectivity index (χ4n) is 2.03. The summed E-state index contributed by atoms with van der Waals surface area (Å²) in [5, 5.41) is 0.829. The maximum atomic E-state index is 12.0. The van der Waals surface area contributed by atoms with Gasteiger partial charge in [-0.25, -0.2) is 4.98 Å². The number of alkyl halides is 1. The lowest BCUT2D eigenvalue weighted by atomic mass is 10.1. The van der Waals surface area contributed by atoms with Gasteiger partial charge in [-0.2, -0.15) is 0 Å². The largest absolute Gasteiger partial charge is 0.382 e. The normalized spacial score (nSPS) is 20.1. The molecule has 6 heteroatoms. The Hall–Kier alpha value is -0.620. The maximum absolute atomic E-state index is 12.0. The topological polar surface area (TPSA) is 59.2 Å². The van der Waals surface area contributed by atoms with Crippen LogP contribution in [0.4, 0.5) is 11.5 Å². The fourth-order valence-corrected chi connectivity index (χ4v) is 2.75. The van der Waals surface area contributed by atoms with E-state index in [9.17, 15) is 4.79 Å². The predicted octanol–water partition coefficient (Wildman–Crippen LogP) is 2.48. The lowest BCUT2D eigenvalue weighted by Crippen LogP contribution is -2.27. The second-order valence-corrected chi connectivity index (χ2v) is 5.70. The van der Waals surface area contributed by atoms with E-state index in [0.29, 0.717) is 24.7 Å². The molecule has 2 heterocycles.